The molecule has 1 fully saturated rings. The molecule has 0 unspecified atom stereocenters. The van der Waals surface area contributed by atoms with Crippen molar-refractivity contribution in [3.05, 3.63) is 53.4 Å². The molecule has 1 aromatic heterocycles. The van der Waals surface area contributed by atoms with Gasteiger partial charge in [-0.2, -0.15) is 18.3 Å². The minimum atomic E-state index is -4.63. The summed E-state index contributed by atoms with van der Waals surface area (Å²) in [6.07, 6.45) is 0.227. The van der Waals surface area contributed by atoms with Crippen LogP contribution in [0.15, 0.2) is 46.7 Å². The second kappa shape index (κ2) is 12.0. The molecule has 0 aliphatic carbocycles. The molecule has 0 atom stereocenters. The number of anilines is 1. The van der Waals surface area contributed by atoms with Crippen molar-refractivity contribution in [1.82, 2.24) is 20.0 Å². The first kappa shape index (κ1) is 29.9. The van der Waals surface area contributed by atoms with Crippen molar-refractivity contribution in [1.29, 1.82) is 0 Å². The number of halogens is 3. The van der Waals surface area contributed by atoms with Crippen LogP contribution >= 0.6 is 0 Å². The van der Waals surface area contributed by atoms with Crippen molar-refractivity contribution >= 4 is 30.1 Å². The van der Waals surface area contributed by atoms with Crippen LogP contribution in [0.2, 0.25) is 0 Å². The van der Waals surface area contributed by atoms with Gasteiger partial charge < -0.3 is 20.3 Å². The van der Waals surface area contributed by atoms with Gasteiger partial charge in [-0.3, -0.25) is 4.68 Å². The smallest absolute Gasteiger partial charge is 0.369 e. The molecule has 12 heteroatoms. The normalized spacial score (nSPS) is 15.4. The van der Waals surface area contributed by atoms with Crippen molar-refractivity contribution in [3.63, 3.8) is 0 Å². The highest BCUT2D eigenvalue weighted by molar-refractivity contribution is 5.99. The Morgan fingerprint density at radius 3 is 2.51 bits per heavy atom. The molecule has 1 aliphatic heterocycles. The van der Waals surface area contributed by atoms with Crippen LogP contribution in [0.1, 0.15) is 64.3 Å². The average Bonchev–Trinajstić information content (AvgIpc) is 3.30. The fourth-order valence-corrected chi connectivity index (χ4v) is 3.94. The molecule has 9 nitrogen and oxygen atoms in total. The molecule has 2 amide bonds. The summed E-state index contributed by atoms with van der Waals surface area (Å²) in [5.41, 5.74) is -0.110. The maximum absolute atomic E-state index is 14.0. The number of ether oxygens (including phenoxy) is 1. The predicted octanol–water partition coefficient (Wildman–Crippen LogP) is 5.72. The zero-order valence-electron chi connectivity index (χ0n) is 23.1. The van der Waals surface area contributed by atoms with Gasteiger partial charge in [-0.15, -0.1) is 0 Å². The van der Waals surface area contributed by atoms with Gasteiger partial charge in [0.1, 0.15) is 0 Å². The van der Waals surface area contributed by atoms with Crippen molar-refractivity contribution in [3.8, 4) is 0 Å². The van der Waals surface area contributed by atoms with E-state index in [9.17, 15) is 18.0 Å². The van der Waals surface area contributed by atoms with Gasteiger partial charge in [-0.1, -0.05) is 18.2 Å². The summed E-state index contributed by atoms with van der Waals surface area (Å²) in [6, 6.07) is 3.62. The number of likely N-dealkylation sites (tertiary alicyclic amines) is 1. The van der Waals surface area contributed by atoms with E-state index in [2.05, 4.69) is 32.4 Å². The highest BCUT2D eigenvalue weighted by atomic mass is 19.4. The lowest BCUT2D eigenvalue weighted by molar-refractivity contribution is -0.138. The molecule has 0 radical (unpaired) electrons. The number of urea groups is 1. The quantitative estimate of drug-likeness (QED) is 0.342. The monoisotopic (exact) mass is 547 g/mol. The topological polar surface area (TPSA) is 96.1 Å². The Morgan fingerprint density at radius 1 is 1.28 bits per heavy atom. The van der Waals surface area contributed by atoms with Crippen LogP contribution in [0.5, 0.6) is 0 Å². The van der Waals surface area contributed by atoms with Crippen LogP contribution in [-0.2, 0) is 17.5 Å². The van der Waals surface area contributed by atoms with E-state index < -0.39 is 17.8 Å². The van der Waals surface area contributed by atoms with E-state index in [0.29, 0.717) is 18.8 Å². The summed E-state index contributed by atoms with van der Waals surface area (Å²) in [6.45, 7) is 15.4. The lowest BCUT2D eigenvalue weighted by Crippen LogP contribution is -2.59. The van der Waals surface area contributed by atoms with Gasteiger partial charge in [0.2, 0.25) is 5.96 Å². The molecule has 2 N–H and O–H groups in total. The lowest BCUT2D eigenvalue weighted by atomic mass is 10.0. The Morgan fingerprint density at radius 2 is 1.97 bits per heavy atom. The van der Waals surface area contributed by atoms with Crippen molar-refractivity contribution in [2.24, 2.45) is 9.98 Å². The largest absolute Gasteiger partial charge is 0.416 e. The summed E-state index contributed by atoms with van der Waals surface area (Å²) in [5.74, 6) is 0.111. The van der Waals surface area contributed by atoms with Crippen molar-refractivity contribution < 1.29 is 22.7 Å². The molecule has 0 bridgehead atoms. The third kappa shape index (κ3) is 8.16. The molecule has 1 aromatic carbocycles. The molecule has 212 valence electrons. The second-order valence-corrected chi connectivity index (χ2v) is 10.5. The van der Waals surface area contributed by atoms with Crippen LogP contribution in [0.3, 0.4) is 0 Å². The van der Waals surface area contributed by atoms with Gasteiger partial charge in [-0.05, 0) is 59.9 Å². The minimum absolute atomic E-state index is 0.0525. The van der Waals surface area contributed by atoms with Gasteiger partial charge in [0.05, 0.1) is 47.9 Å². The molecular formula is C27H36F3N7O2. The number of aromatic nitrogens is 2. The number of carbonyl (C=O) groups is 1. The zero-order chi connectivity index (χ0) is 29.0. The zero-order valence-corrected chi connectivity index (χ0v) is 23.1. The number of hydrogen-bond donors (Lipinski definition) is 2. The Bertz CT molecular complexity index is 1240. The number of allylic oxidation sites excluding steroid dienone is 1. The molecule has 3 rings (SSSR count). The number of nitrogens with zero attached hydrogens (tertiary/aromatic N) is 5. The first-order valence-corrected chi connectivity index (χ1v) is 12.6. The SMILES string of the molecule is C=NC(=N/C(=C\C)c1ccc(CNC(=O)N2CC(OC(C)(C)C)C2)c(C(F)(F)F)c1)Nc1cnn(C(C)C)c1. The Balaban J connectivity index is 1.73. The highest BCUT2D eigenvalue weighted by Crippen LogP contribution is 2.34. The number of guanidine groups is 1. The maximum atomic E-state index is 14.0. The molecule has 39 heavy (non-hydrogen) atoms. The van der Waals surface area contributed by atoms with E-state index in [-0.39, 0.29) is 47.1 Å². The third-order valence-electron chi connectivity index (χ3n) is 5.83. The van der Waals surface area contributed by atoms with E-state index in [0.717, 1.165) is 6.07 Å². The third-order valence-corrected chi connectivity index (χ3v) is 5.83. The van der Waals surface area contributed by atoms with Crippen LogP contribution < -0.4 is 10.6 Å². The maximum Gasteiger partial charge on any atom is 0.416 e. The van der Waals surface area contributed by atoms with E-state index in [4.69, 9.17) is 4.74 Å². The summed E-state index contributed by atoms with van der Waals surface area (Å²) in [7, 11) is 0. The molecular weight excluding hydrogens is 511 g/mol. The van der Waals surface area contributed by atoms with E-state index in [1.54, 1.807) is 30.1 Å². The molecule has 2 aromatic rings. The Labute approximate surface area is 226 Å². The van der Waals surface area contributed by atoms with Crippen molar-refractivity contribution in [2.45, 2.75) is 72.0 Å². The van der Waals surface area contributed by atoms with Gasteiger partial charge in [0, 0.05) is 24.3 Å². The van der Waals surface area contributed by atoms with Crippen LogP contribution in [0, 0.1) is 0 Å². The second-order valence-electron chi connectivity index (χ2n) is 10.5. The molecule has 1 saturated heterocycles. The molecule has 0 saturated carbocycles. The summed E-state index contributed by atoms with van der Waals surface area (Å²) in [5, 5.41) is 9.80. The van der Waals surface area contributed by atoms with Crippen LogP contribution in [0.4, 0.5) is 23.7 Å². The summed E-state index contributed by atoms with van der Waals surface area (Å²) in [4.78, 5) is 22.2. The first-order valence-electron chi connectivity index (χ1n) is 12.6. The molecule has 2 heterocycles. The minimum Gasteiger partial charge on any atom is -0.369 e. The Kier molecular flexibility index (Phi) is 9.21. The number of amides is 2. The van der Waals surface area contributed by atoms with E-state index in [1.165, 1.54) is 17.0 Å². The number of aliphatic imine (C=N–C) groups is 2. The van der Waals surface area contributed by atoms with Gasteiger partial charge in [0.15, 0.2) is 0 Å². The fraction of sp³-hybridized carbons (Fsp3) is 0.481. The summed E-state index contributed by atoms with van der Waals surface area (Å²) < 4.78 is 49.6. The standard InChI is InChI=1S/C27H36F3N7O2/c1-8-23(35-24(31-7)34-20-13-33-37(14-20)17(2)3)18-9-10-19(22(11-18)27(28,29)30)12-32-25(38)36-15-21(16-36)39-26(4,5)6/h8-11,13-14,17,21H,7,12,15-16H2,1-6H3,(H,32,38)(H,34,35)/b23-8-. The first-order chi connectivity index (χ1) is 18.2. The van der Waals surface area contributed by atoms with E-state index >= 15 is 0 Å². The lowest BCUT2D eigenvalue weighted by Gasteiger charge is -2.41. The number of hydrogen-bond acceptors (Lipinski definition) is 4. The average molecular weight is 548 g/mol. The van der Waals surface area contributed by atoms with E-state index in [1.807, 2.05) is 34.6 Å². The highest BCUT2D eigenvalue weighted by Gasteiger charge is 2.36. The van der Waals surface area contributed by atoms with Gasteiger partial charge >= 0.3 is 12.2 Å². The van der Waals surface area contributed by atoms with Crippen LogP contribution in [-0.4, -0.2) is 58.2 Å². The van der Waals surface area contributed by atoms with Crippen molar-refractivity contribution in [2.75, 3.05) is 18.4 Å². The number of benzene rings is 1. The molecule has 0 spiro atoms. The fourth-order valence-electron chi connectivity index (χ4n) is 3.94. The van der Waals surface area contributed by atoms with Gasteiger partial charge in [0.25, 0.3) is 0 Å². The number of nitrogens with one attached hydrogen (secondary N) is 2. The number of alkyl halides is 3. The number of rotatable bonds is 7. The summed E-state index contributed by atoms with van der Waals surface area (Å²) >= 11 is 0. The van der Waals surface area contributed by atoms with Crippen LogP contribution in [0.25, 0.3) is 5.70 Å². The van der Waals surface area contributed by atoms with Gasteiger partial charge in [-0.25, -0.2) is 14.8 Å². The number of carbonyl (C=O) groups excluding carboxylic acids is 1. The predicted molar refractivity (Wildman–Crippen MR) is 147 cm³/mol. The Hall–Kier alpha value is -3.67. The molecule has 1 aliphatic rings.